The Morgan fingerprint density at radius 1 is 1.08 bits per heavy atom. The third kappa shape index (κ3) is 5.67. The molecule has 0 radical (unpaired) electrons. The number of amides is 2. The average Bonchev–Trinajstić information content (AvgIpc) is 2.59. The van der Waals surface area contributed by atoms with E-state index in [4.69, 9.17) is 0 Å². The van der Waals surface area contributed by atoms with Gasteiger partial charge in [0.15, 0.2) is 0 Å². The second kappa shape index (κ2) is 8.21. The Morgan fingerprint density at radius 2 is 1.77 bits per heavy atom. The summed E-state index contributed by atoms with van der Waals surface area (Å²) in [5.74, 6) is 4.71. The second-order valence-corrected chi connectivity index (χ2v) is 5.32. The summed E-state index contributed by atoms with van der Waals surface area (Å²) in [6.45, 7) is 1.39. The third-order valence-corrected chi connectivity index (χ3v) is 3.23. The molecule has 0 aromatic heterocycles. The lowest BCUT2D eigenvalue weighted by molar-refractivity contribution is -0.137. The van der Waals surface area contributed by atoms with Crippen LogP contribution in [-0.2, 0) is 11.0 Å². The van der Waals surface area contributed by atoms with E-state index in [2.05, 4.69) is 22.5 Å². The zero-order valence-electron chi connectivity index (χ0n) is 13.8. The van der Waals surface area contributed by atoms with Crippen molar-refractivity contribution in [2.24, 2.45) is 0 Å². The molecule has 0 aliphatic rings. The fourth-order valence-corrected chi connectivity index (χ4v) is 2.05. The van der Waals surface area contributed by atoms with Gasteiger partial charge in [-0.3, -0.25) is 9.59 Å². The van der Waals surface area contributed by atoms with Gasteiger partial charge in [0.25, 0.3) is 5.91 Å². The van der Waals surface area contributed by atoms with E-state index >= 15 is 0 Å². The van der Waals surface area contributed by atoms with Gasteiger partial charge in [0.2, 0.25) is 5.91 Å². The van der Waals surface area contributed by atoms with Crippen LogP contribution in [-0.4, -0.2) is 18.4 Å². The molecule has 26 heavy (non-hydrogen) atoms. The van der Waals surface area contributed by atoms with E-state index in [0.29, 0.717) is 11.3 Å². The smallest absolute Gasteiger partial charge is 0.341 e. The Balaban J connectivity index is 1.93. The Morgan fingerprint density at radius 3 is 2.38 bits per heavy atom. The van der Waals surface area contributed by atoms with Crippen LogP contribution in [0, 0.1) is 11.8 Å². The van der Waals surface area contributed by atoms with Gasteiger partial charge in [-0.05, 0) is 42.5 Å². The molecule has 134 valence electrons. The van der Waals surface area contributed by atoms with E-state index in [0.717, 1.165) is 12.1 Å². The van der Waals surface area contributed by atoms with Crippen LogP contribution < -0.4 is 10.6 Å². The van der Waals surface area contributed by atoms with E-state index < -0.39 is 17.6 Å². The summed E-state index contributed by atoms with van der Waals surface area (Å²) in [6, 6.07) is 11.0. The first-order valence-electron chi connectivity index (χ1n) is 7.58. The first kappa shape index (κ1) is 19.1. The van der Waals surface area contributed by atoms with Crippen molar-refractivity contribution < 1.29 is 22.8 Å². The highest BCUT2D eigenvalue weighted by atomic mass is 19.4. The fraction of sp³-hybridized carbons (Fsp3) is 0.158. The standard InChI is InChI=1S/C19H15F3N2O2/c1-13(25)24-17-9-7-14(8-10-17)4-3-11-23-18(26)15-5-2-6-16(12-15)19(20,21)22/h2,5-10,12H,11H2,1H3,(H,23,26)(H,24,25). The molecule has 0 unspecified atom stereocenters. The third-order valence-electron chi connectivity index (χ3n) is 3.23. The van der Waals surface area contributed by atoms with Crippen LogP contribution in [0.2, 0.25) is 0 Å². The summed E-state index contributed by atoms with van der Waals surface area (Å²) in [6.07, 6.45) is -4.50. The molecule has 0 saturated heterocycles. The highest BCUT2D eigenvalue weighted by Gasteiger charge is 2.30. The maximum Gasteiger partial charge on any atom is 0.416 e. The predicted molar refractivity (Wildman–Crippen MR) is 91.4 cm³/mol. The topological polar surface area (TPSA) is 58.2 Å². The summed E-state index contributed by atoms with van der Waals surface area (Å²) in [5.41, 5.74) is 0.352. The van der Waals surface area contributed by atoms with Gasteiger partial charge in [-0.15, -0.1) is 0 Å². The summed E-state index contributed by atoms with van der Waals surface area (Å²) in [5, 5.41) is 5.07. The van der Waals surface area contributed by atoms with Gasteiger partial charge in [0, 0.05) is 23.7 Å². The van der Waals surface area contributed by atoms with Crippen molar-refractivity contribution in [2.75, 3.05) is 11.9 Å². The molecule has 7 heteroatoms. The molecular weight excluding hydrogens is 345 g/mol. The number of hydrogen-bond acceptors (Lipinski definition) is 2. The van der Waals surface area contributed by atoms with Crippen LogP contribution in [0.25, 0.3) is 0 Å². The molecule has 0 bridgehead atoms. The molecule has 2 N–H and O–H groups in total. The zero-order chi connectivity index (χ0) is 19.2. The van der Waals surface area contributed by atoms with Crippen molar-refractivity contribution in [1.82, 2.24) is 5.32 Å². The van der Waals surface area contributed by atoms with Gasteiger partial charge in [-0.25, -0.2) is 0 Å². The molecule has 2 aromatic rings. The van der Waals surface area contributed by atoms with Gasteiger partial charge in [0.1, 0.15) is 0 Å². The van der Waals surface area contributed by atoms with Crippen molar-refractivity contribution in [3.05, 3.63) is 65.2 Å². The minimum absolute atomic E-state index is 0.0114. The van der Waals surface area contributed by atoms with Crippen LogP contribution in [0.15, 0.2) is 48.5 Å². The summed E-state index contributed by atoms with van der Waals surface area (Å²) < 4.78 is 37.9. The molecular formula is C19H15F3N2O2. The van der Waals surface area contributed by atoms with Gasteiger partial charge < -0.3 is 10.6 Å². The van der Waals surface area contributed by atoms with Crippen LogP contribution in [0.3, 0.4) is 0 Å². The average molecular weight is 360 g/mol. The number of halogens is 3. The van der Waals surface area contributed by atoms with E-state index in [1.165, 1.54) is 19.1 Å². The highest BCUT2D eigenvalue weighted by molar-refractivity contribution is 5.94. The van der Waals surface area contributed by atoms with Crippen molar-refractivity contribution in [2.45, 2.75) is 13.1 Å². The quantitative estimate of drug-likeness (QED) is 0.824. The van der Waals surface area contributed by atoms with Gasteiger partial charge >= 0.3 is 6.18 Å². The lowest BCUT2D eigenvalue weighted by Crippen LogP contribution is -2.24. The highest BCUT2D eigenvalue weighted by Crippen LogP contribution is 2.29. The maximum absolute atomic E-state index is 12.6. The van der Waals surface area contributed by atoms with Crippen molar-refractivity contribution in [1.29, 1.82) is 0 Å². The molecule has 4 nitrogen and oxygen atoms in total. The molecule has 2 aromatic carbocycles. The number of rotatable bonds is 3. The number of carbonyl (C=O) groups excluding carboxylic acids is 2. The molecule has 0 spiro atoms. The SMILES string of the molecule is CC(=O)Nc1ccc(C#CCNC(=O)c2cccc(C(F)(F)F)c2)cc1. The number of anilines is 1. The van der Waals surface area contributed by atoms with Gasteiger partial charge in [0.05, 0.1) is 12.1 Å². The molecule has 2 amide bonds. The lowest BCUT2D eigenvalue weighted by atomic mass is 10.1. The van der Waals surface area contributed by atoms with Gasteiger partial charge in [-0.2, -0.15) is 13.2 Å². The Hall–Kier alpha value is -3.27. The second-order valence-electron chi connectivity index (χ2n) is 5.32. The summed E-state index contributed by atoms with van der Waals surface area (Å²) in [4.78, 5) is 22.8. The van der Waals surface area contributed by atoms with Crippen molar-refractivity contribution in [3.8, 4) is 11.8 Å². The Bertz CT molecular complexity index is 863. The van der Waals surface area contributed by atoms with Crippen molar-refractivity contribution >= 4 is 17.5 Å². The van der Waals surface area contributed by atoms with Crippen LogP contribution in [0.1, 0.15) is 28.4 Å². The monoisotopic (exact) mass is 360 g/mol. The van der Waals surface area contributed by atoms with Crippen LogP contribution in [0.4, 0.5) is 18.9 Å². The number of alkyl halides is 3. The fourth-order valence-electron chi connectivity index (χ4n) is 2.05. The van der Waals surface area contributed by atoms with E-state index in [-0.39, 0.29) is 18.0 Å². The molecule has 0 atom stereocenters. The summed E-state index contributed by atoms with van der Waals surface area (Å²) >= 11 is 0. The normalized spacial score (nSPS) is 10.5. The van der Waals surface area contributed by atoms with E-state index in [1.807, 2.05) is 0 Å². The number of carbonyl (C=O) groups is 2. The first-order chi connectivity index (χ1) is 12.3. The molecule has 0 heterocycles. The van der Waals surface area contributed by atoms with E-state index in [1.54, 1.807) is 24.3 Å². The molecule has 0 aliphatic carbocycles. The number of nitrogens with one attached hydrogen (secondary N) is 2. The molecule has 0 aliphatic heterocycles. The minimum Gasteiger partial charge on any atom is -0.341 e. The molecule has 0 fully saturated rings. The van der Waals surface area contributed by atoms with E-state index in [9.17, 15) is 22.8 Å². The Labute approximate surface area is 148 Å². The number of hydrogen-bond donors (Lipinski definition) is 2. The van der Waals surface area contributed by atoms with Gasteiger partial charge in [-0.1, -0.05) is 17.9 Å². The zero-order valence-corrected chi connectivity index (χ0v) is 13.8. The largest absolute Gasteiger partial charge is 0.416 e. The van der Waals surface area contributed by atoms with Crippen molar-refractivity contribution in [3.63, 3.8) is 0 Å². The molecule has 2 rings (SSSR count). The molecule has 0 saturated carbocycles. The maximum atomic E-state index is 12.6. The first-order valence-corrected chi connectivity index (χ1v) is 7.58. The summed E-state index contributed by atoms with van der Waals surface area (Å²) in [7, 11) is 0. The Kier molecular flexibility index (Phi) is 6.02. The minimum atomic E-state index is -4.50. The lowest BCUT2D eigenvalue weighted by Gasteiger charge is -2.08. The van der Waals surface area contributed by atoms with Crippen LogP contribution in [0.5, 0.6) is 0 Å². The van der Waals surface area contributed by atoms with Crippen LogP contribution >= 0.6 is 0 Å². The predicted octanol–water partition coefficient (Wildman–Crippen LogP) is 3.45. The number of benzene rings is 2.